The van der Waals surface area contributed by atoms with E-state index in [2.05, 4.69) is 32.0 Å². The molecule has 0 aliphatic carbocycles. The van der Waals surface area contributed by atoms with Crippen molar-refractivity contribution in [1.82, 2.24) is 4.90 Å². The Balaban J connectivity index is 3.00. The molecule has 0 atom stereocenters. The highest BCUT2D eigenvalue weighted by Crippen LogP contribution is 2.22. The van der Waals surface area contributed by atoms with E-state index in [1.807, 2.05) is 12.1 Å². The van der Waals surface area contributed by atoms with Crippen molar-refractivity contribution in [3.05, 3.63) is 29.3 Å². The fourth-order valence-corrected chi connectivity index (χ4v) is 1.39. The number of hydrogen-bond donors (Lipinski definition) is 0. The second-order valence-electron chi connectivity index (χ2n) is 3.49. The number of aryl methyl sites for hydroxylation is 1. The zero-order chi connectivity index (χ0) is 9.84. The van der Waals surface area contributed by atoms with Gasteiger partial charge in [0.05, 0.1) is 7.11 Å². The SMILES string of the molecule is COc1cccc(C)c1CN(C)C. The molecule has 0 radical (unpaired) electrons. The normalized spacial score (nSPS) is 10.5. The lowest BCUT2D eigenvalue weighted by atomic mass is 10.1. The van der Waals surface area contributed by atoms with E-state index in [1.165, 1.54) is 11.1 Å². The van der Waals surface area contributed by atoms with Crippen molar-refractivity contribution in [2.75, 3.05) is 21.2 Å². The van der Waals surface area contributed by atoms with E-state index in [9.17, 15) is 0 Å². The highest BCUT2D eigenvalue weighted by Gasteiger charge is 2.05. The van der Waals surface area contributed by atoms with Crippen LogP contribution in [0.2, 0.25) is 0 Å². The summed E-state index contributed by atoms with van der Waals surface area (Å²) in [6.07, 6.45) is 0. The number of benzene rings is 1. The monoisotopic (exact) mass is 179 g/mol. The topological polar surface area (TPSA) is 12.5 Å². The Morgan fingerprint density at radius 3 is 2.54 bits per heavy atom. The van der Waals surface area contributed by atoms with Gasteiger partial charge >= 0.3 is 0 Å². The van der Waals surface area contributed by atoms with Gasteiger partial charge in [0.2, 0.25) is 0 Å². The van der Waals surface area contributed by atoms with E-state index in [0.29, 0.717) is 0 Å². The van der Waals surface area contributed by atoms with E-state index >= 15 is 0 Å². The number of rotatable bonds is 3. The highest BCUT2D eigenvalue weighted by atomic mass is 16.5. The van der Waals surface area contributed by atoms with Crippen molar-refractivity contribution in [2.24, 2.45) is 0 Å². The predicted octanol–water partition coefficient (Wildman–Crippen LogP) is 2.07. The lowest BCUT2D eigenvalue weighted by Crippen LogP contribution is -2.12. The van der Waals surface area contributed by atoms with Gasteiger partial charge in [0.15, 0.2) is 0 Å². The van der Waals surface area contributed by atoms with Gasteiger partial charge in [-0.25, -0.2) is 0 Å². The van der Waals surface area contributed by atoms with E-state index in [4.69, 9.17) is 4.74 Å². The standard InChI is InChI=1S/C11H17NO/c1-9-6-5-7-11(13-4)10(9)8-12(2)3/h5-7H,8H2,1-4H3. The minimum Gasteiger partial charge on any atom is -0.496 e. The zero-order valence-corrected chi connectivity index (χ0v) is 8.79. The first-order chi connectivity index (χ1) is 6.15. The molecule has 0 aliphatic rings. The molecule has 0 saturated heterocycles. The number of methoxy groups -OCH3 is 1. The summed E-state index contributed by atoms with van der Waals surface area (Å²) in [5, 5.41) is 0. The fraction of sp³-hybridized carbons (Fsp3) is 0.455. The largest absolute Gasteiger partial charge is 0.496 e. The number of nitrogens with zero attached hydrogens (tertiary/aromatic N) is 1. The molecule has 1 aromatic carbocycles. The Morgan fingerprint density at radius 2 is 2.00 bits per heavy atom. The van der Waals surface area contributed by atoms with Crippen molar-refractivity contribution in [1.29, 1.82) is 0 Å². The summed E-state index contributed by atoms with van der Waals surface area (Å²) >= 11 is 0. The van der Waals surface area contributed by atoms with Gasteiger partial charge in [-0.15, -0.1) is 0 Å². The first-order valence-corrected chi connectivity index (χ1v) is 4.42. The van der Waals surface area contributed by atoms with Crippen LogP contribution in [0.5, 0.6) is 5.75 Å². The third kappa shape index (κ3) is 2.46. The number of ether oxygens (including phenoxy) is 1. The fourth-order valence-electron chi connectivity index (χ4n) is 1.39. The van der Waals surface area contributed by atoms with Gasteiger partial charge in [-0.1, -0.05) is 12.1 Å². The molecular formula is C11H17NO. The molecule has 2 nitrogen and oxygen atoms in total. The molecule has 0 aromatic heterocycles. The molecule has 0 amide bonds. The Bertz CT molecular complexity index is 281. The summed E-state index contributed by atoms with van der Waals surface area (Å²) < 4.78 is 5.30. The maximum absolute atomic E-state index is 5.30. The van der Waals surface area contributed by atoms with Gasteiger partial charge in [0.1, 0.15) is 5.75 Å². The predicted molar refractivity (Wildman–Crippen MR) is 55.1 cm³/mol. The lowest BCUT2D eigenvalue weighted by Gasteiger charge is -2.15. The van der Waals surface area contributed by atoms with Crippen LogP contribution in [0, 0.1) is 6.92 Å². The highest BCUT2D eigenvalue weighted by molar-refractivity contribution is 5.39. The second-order valence-corrected chi connectivity index (χ2v) is 3.49. The van der Waals surface area contributed by atoms with Gasteiger partial charge in [-0.3, -0.25) is 0 Å². The van der Waals surface area contributed by atoms with Crippen LogP contribution in [0.4, 0.5) is 0 Å². The molecule has 0 aliphatic heterocycles. The lowest BCUT2D eigenvalue weighted by molar-refractivity contribution is 0.371. The van der Waals surface area contributed by atoms with Crippen LogP contribution in [0.3, 0.4) is 0 Å². The van der Waals surface area contributed by atoms with Gasteiger partial charge in [-0.2, -0.15) is 0 Å². The molecule has 0 bridgehead atoms. The second kappa shape index (κ2) is 4.28. The quantitative estimate of drug-likeness (QED) is 0.704. The third-order valence-corrected chi connectivity index (χ3v) is 2.06. The van der Waals surface area contributed by atoms with Gasteiger partial charge in [-0.05, 0) is 32.6 Å². The van der Waals surface area contributed by atoms with E-state index in [0.717, 1.165) is 12.3 Å². The maximum Gasteiger partial charge on any atom is 0.123 e. The van der Waals surface area contributed by atoms with Gasteiger partial charge < -0.3 is 9.64 Å². The van der Waals surface area contributed by atoms with Crippen LogP contribution in [0.15, 0.2) is 18.2 Å². The minimum absolute atomic E-state index is 0.926. The molecule has 2 heteroatoms. The van der Waals surface area contributed by atoms with Crippen LogP contribution < -0.4 is 4.74 Å². The van der Waals surface area contributed by atoms with Crippen LogP contribution in [-0.2, 0) is 6.54 Å². The first-order valence-electron chi connectivity index (χ1n) is 4.42. The molecule has 72 valence electrons. The van der Waals surface area contributed by atoms with Crippen molar-refractivity contribution in [3.63, 3.8) is 0 Å². The van der Waals surface area contributed by atoms with Crippen molar-refractivity contribution in [2.45, 2.75) is 13.5 Å². The Morgan fingerprint density at radius 1 is 1.31 bits per heavy atom. The van der Waals surface area contributed by atoms with Gasteiger partial charge in [0.25, 0.3) is 0 Å². The van der Waals surface area contributed by atoms with Crippen molar-refractivity contribution < 1.29 is 4.74 Å². The molecule has 0 saturated carbocycles. The third-order valence-electron chi connectivity index (χ3n) is 2.06. The zero-order valence-electron chi connectivity index (χ0n) is 8.79. The van der Waals surface area contributed by atoms with Crippen molar-refractivity contribution >= 4 is 0 Å². The van der Waals surface area contributed by atoms with E-state index in [1.54, 1.807) is 7.11 Å². The number of hydrogen-bond acceptors (Lipinski definition) is 2. The molecule has 0 fully saturated rings. The molecular weight excluding hydrogens is 162 g/mol. The summed E-state index contributed by atoms with van der Waals surface area (Å²) in [6, 6.07) is 6.14. The van der Waals surface area contributed by atoms with Crippen LogP contribution >= 0.6 is 0 Å². The summed E-state index contributed by atoms with van der Waals surface area (Å²) in [5.74, 6) is 0.980. The Kier molecular flexibility index (Phi) is 3.32. The average Bonchev–Trinajstić information content (AvgIpc) is 2.08. The maximum atomic E-state index is 5.30. The van der Waals surface area contributed by atoms with Crippen LogP contribution in [0.1, 0.15) is 11.1 Å². The molecule has 1 rings (SSSR count). The van der Waals surface area contributed by atoms with E-state index < -0.39 is 0 Å². The minimum atomic E-state index is 0.926. The molecule has 13 heavy (non-hydrogen) atoms. The Labute approximate surface area is 80.1 Å². The van der Waals surface area contributed by atoms with Crippen LogP contribution in [0.25, 0.3) is 0 Å². The molecule has 0 heterocycles. The van der Waals surface area contributed by atoms with Gasteiger partial charge in [0, 0.05) is 12.1 Å². The molecule has 0 spiro atoms. The van der Waals surface area contributed by atoms with Crippen LogP contribution in [-0.4, -0.2) is 26.1 Å². The molecule has 1 aromatic rings. The first kappa shape index (κ1) is 10.1. The molecule has 0 N–H and O–H groups in total. The molecule has 0 unspecified atom stereocenters. The summed E-state index contributed by atoms with van der Waals surface area (Å²) in [7, 11) is 5.84. The Hall–Kier alpha value is -1.02. The average molecular weight is 179 g/mol. The van der Waals surface area contributed by atoms with Crippen molar-refractivity contribution in [3.8, 4) is 5.75 Å². The summed E-state index contributed by atoms with van der Waals surface area (Å²) in [5.41, 5.74) is 2.56. The van der Waals surface area contributed by atoms with E-state index in [-0.39, 0.29) is 0 Å². The smallest absolute Gasteiger partial charge is 0.123 e. The summed E-state index contributed by atoms with van der Waals surface area (Å²) in [4.78, 5) is 2.14. The summed E-state index contributed by atoms with van der Waals surface area (Å²) in [6.45, 7) is 3.04.